The van der Waals surface area contributed by atoms with Crippen LogP contribution >= 0.6 is 11.8 Å². The van der Waals surface area contributed by atoms with E-state index in [1.54, 1.807) is 30.0 Å². The summed E-state index contributed by atoms with van der Waals surface area (Å²) in [7, 11) is -3.55. The lowest BCUT2D eigenvalue weighted by Crippen LogP contribution is -2.40. The molecule has 0 spiro atoms. The van der Waals surface area contributed by atoms with Crippen molar-refractivity contribution in [3.8, 4) is 11.4 Å². The van der Waals surface area contributed by atoms with Gasteiger partial charge in [0, 0.05) is 24.7 Å². The Kier molecular flexibility index (Phi) is 7.12. The SMILES string of the molecule is CCSc1nnc(-c2cccc(S(=O)(=O)N3CCOCC3)c2)n1C1CCCCCC1. The van der Waals surface area contributed by atoms with Gasteiger partial charge in [-0.1, -0.05) is 56.5 Å². The molecule has 1 aromatic heterocycles. The summed E-state index contributed by atoms with van der Waals surface area (Å²) in [6.07, 6.45) is 7.21. The number of sulfonamides is 1. The summed E-state index contributed by atoms with van der Waals surface area (Å²) in [6.45, 7) is 3.77. The average molecular weight is 451 g/mol. The van der Waals surface area contributed by atoms with Crippen LogP contribution in [0, 0.1) is 0 Å². The van der Waals surface area contributed by atoms with E-state index in [2.05, 4.69) is 21.7 Å². The highest BCUT2D eigenvalue weighted by atomic mass is 32.2. The Morgan fingerprint density at radius 1 is 1.10 bits per heavy atom. The molecule has 1 aromatic carbocycles. The molecule has 0 unspecified atom stereocenters. The van der Waals surface area contributed by atoms with Gasteiger partial charge in [-0.25, -0.2) is 8.42 Å². The fraction of sp³-hybridized carbons (Fsp3) is 0.619. The van der Waals surface area contributed by atoms with Crippen LogP contribution in [-0.4, -0.2) is 59.5 Å². The third kappa shape index (κ3) is 4.59. The summed E-state index contributed by atoms with van der Waals surface area (Å²) in [5, 5.41) is 9.91. The third-order valence-corrected chi connectivity index (χ3v) is 8.55. The first-order valence-corrected chi connectivity index (χ1v) is 13.3. The molecule has 1 saturated heterocycles. The first-order valence-electron chi connectivity index (χ1n) is 10.9. The second-order valence-electron chi connectivity index (χ2n) is 7.80. The van der Waals surface area contributed by atoms with Crippen molar-refractivity contribution in [2.24, 2.45) is 0 Å². The fourth-order valence-corrected chi connectivity index (χ4v) is 6.46. The summed E-state index contributed by atoms with van der Waals surface area (Å²) in [4.78, 5) is 0.307. The van der Waals surface area contributed by atoms with Gasteiger partial charge in [0.05, 0.1) is 18.1 Å². The van der Waals surface area contributed by atoms with Crippen LogP contribution in [0.15, 0.2) is 34.3 Å². The average Bonchev–Trinajstić information content (AvgIpc) is 3.00. The molecule has 0 N–H and O–H groups in total. The largest absolute Gasteiger partial charge is 0.379 e. The van der Waals surface area contributed by atoms with Gasteiger partial charge in [-0.2, -0.15) is 4.31 Å². The number of nitrogens with zero attached hydrogens (tertiary/aromatic N) is 4. The molecule has 0 amide bonds. The van der Waals surface area contributed by atoms with E-state index in [0.29, 0.717) is 37.2 Å². The van der Waals surface area contributed by atoms with E-state index in [9.17, 15) is 8.42 Å². The predicted octanol–water partition coefficient (Wildman–Crippen LogP) is 3.97. The van der Waals surface area contributed by atoms with Crippen molar-refractivity contribution >= 4 is 21.8 Å². The van der Waals surface area contributed by atoms with E-state index >= 15 is 0 Å². The van der Waals surface area contributed by atoms with Gasteiger partial charge in [0.1, 0.15) is 0 Å². The monoisotopic (exact) mass is 450 g/mol. The first kappa shape index (κ1) is 21.8. The van der Waals surface area contributed by atoms with Crippen LogP contribution in [0.4, 0.5) is 0 Å². The van der Waals surface area contributed by atoms with Crippen molar-refractivity contribution in [1.29, 1.82) is 0 Å². The minimum Gasteiger partial charge on any atom is -0.379 e. The first-order chi connectivity index (χ1) is 14.6. The minimum absolute atomic E-state index is 0.307. The van der Waals surface area contributed by atoms with E-state index in [1.807, 2.05) is 6.07 Å². The smallest absolute Gasteiger partial charge is 0.243 e. The van der Waals surface area contributed by atoms with Crippen molar-refractivity contribution in [3.63, 3.8) is 0 Å². The molecule has 1 aliphatic carbocycles. The molecule has 0 bridgehead atoms. The molecular weight excluding hydrogens is 420 g/mol. The maximum atomic E-state index is 13.1. The Morgan fingerprint density at radius 3 is 2.53 bits per heavy atom. The molecule has 0 radical (unpaired) electrons. The highest BCUT2D eigenvalue weighted by Gasteiger charge is 2.28. The molecule has 7 nitrogen and oxygen atoms in total. The number of hydrogen-bond acceptors (Lipinski definition) is 6. The van der Waals surface area contributed by atoms with Crippen LogP contribution in [0.3, 0.4) is 0 Å². The number of aromatic nitrogens is 3. The number of rotatable bonds is 6. The molecule has 2 fully saturated rings. The zero-order valence-electron chi connectivity index (χ0n) is 17.5. The van der Waals surface area contributed by atoms with E-state index in [-0.39, 0.29) is 0 Å². The molecule has 164 valence electrons. The molecule has 30 heavy (non-hydrogen) atoms. The fourth-order valence-electron chi connectivity index (χ4n) is 4.28. The van der Waals surface area contributed by atoms with Crippen LogP contribution in [0.5, 0.6) is 0 Å². The molecule has 9 heteroatoms. The summed E-state index contributed by atoms with van der Waals surface area (Å²) in [5.74, 6) is 1.70. The Morgan fingerprint density at radius 2 is 1.83 bits per heavy atom. The molecule has 2 aliphatic rings. The maximum absolute atomic E-state index is 13.1. The second kappa shape index (κ2) is 9.80. The number of ether oxygens (including phenoxy) is 1. The van der Waals surface area contributed by atoms with Crippen molar-refractivity contribution in [3.05, 3.63) is 24.3 Å². The summed E-state index contributed by atoms with van der Waals surface area (Å²) in [5.41, 5.74) is 0.809. The van der Waals surface area contributed by atoms with Crippen molar-refractivity contribution < 1.29 is 13.2 Å². The van der Waals surface area contributed by atoms with E-state index in [0.717, 1.165) is 35.1 Å². The van der Waals surface area contributed by atoms with Gasteiger partial charge in [0.15, 0.2) is 11.0 Å². The van der Waals surface area contributed by atoms with Crippen molar-refractivity contribution in [2.45, 2.75) is 61.5 Å². The predicted molar refractivity (Wildman–Crippen MR) is 118 cm³/mol. The second-order valence-corrected chi connectivity index (χ2v) is 11.0. The molecule has 4 rings (SSSR count). The van der Waals surface area contributed by atoms with Crippen LogP contribution in [0.2, 0.25) is 0 Å². The third-order valence-electron chi connectivity index (χ3n) is 5.83. The number of benzene rings is 1. The number of hydrogen-bond donors (Lipinski definition) is 0. The maximum Gasteiger partial charge on any atom is 0.243 e. The standard InChI is InChI=1S/C21H30N4O3S2/c1-2-29-21-23-22-20(25(21)18-9-5-3-4-6-10-18)17-8-7-11-19(16-17)30(26,27)24-12-14-28-15-13-24/h7-8,11,16,18H,2-6,9-10,12-15H2,1H3. The Hall–Kier alpha value is -1.42. The van der Waals surface area contributed by atoms with E-state index in [1.165, 1.54) is 30.0 Å². The van der Waals surface area contributed by atoms with Crippen LogP contribution < -0.4 is 0 Å². The molecular formula is C21H30N4O3S2. The van der Waals surface area contributed by atoms with E-state index in [4.69, 9.17) is 4.74 Å². The Labute approximate surface area is 183 Å². The summed E-state index contributed by atoms with van der Waals surface area (Å²) < 4.78 is 35.3. The number of thioether (sulfide) groups is 1. The van der Waals surface area contributed by atoms with Gasteiger partial charge in [0.2, 0.25) is 10.0 Å². The molecule has 0 atom stereocenters. The summed E-state index contributed by atoms with van der Waals surface area (Å²) in [6, 6.07) is 7.54. The molecule has 1 saturated carbocycles. The van der Waals surface area contributed by atoms with Crippen LogP contribution in [0.25, 0.3) is 11.4 Å². The highest BCUT2D eigenvalue weighted by molar-refractivity contribution is 7.99. The van der Waals surface area contributed by atoms with Crippen molar-refractivity contribution in [1.82, 2.24) is 19.1 Å². The van der Waals surface area contributed by atoms with Gasteiger partial charge < -0.3 is 4.74 Å². The van der Waals surface area contributed by atoms with Crippen LogP contribution in [-0.2, 0) is 14.8 Å². The lowest BCUT2D eigenvalue weighted by atomic mass is 10.1. The number of morpholine rings is 1. The summed E-state index contributed by atoms with van der Waals surface area (Å²) >= 11 is 1.70. The molecule has 1 aliphatic heterocycles. The zero-order chi connectivity index (χ0) is 21.0. The lowest BCUT2D eigenvalue weighted by Gasteiger charge is -2.26. The van der Waals surface area contributed by atoms with Gasteiger partial charge in [0.25, 0.3) is 0 Å². The van der Waals surface area contributed by atoms with Gasteiger partial charge in [-0.3, -0.25) is 4.57 Å². The quantitative estimate of drug-likeness (QED) is 0.489. The van der Waals surface area contributed by atoms with Gasteiger partial charge in [-0.15, -0.1) is 10.2 Å². The Bertz CT molecular complexity index is 947. The van der Waals surface area contributed by atoms with Gasteiger partial charge >= 0.3 is 0 Å². The minimum atomic E-state index is -3.55. The van der Waals surface area contributed by atoms with Crippen molar-refractivity contribution in [2.75, 3.05) is 32.1 Å². The highest BCUT2D eigenvalue weighted by Crippen LogP contribution is 2.35. The van der Waals surface area contributed by atoms with Gasteiger partial charge in [-0.05, 0) is 30.7 Å². The molecule has 2 heterocycles. The molecule has 2 aromatic rings. The normalized spacial score (nSPS) is 19.6. The van der Waals surface area contributed by atoms with Crippen LogP contribution in [0.1, 0.15) is 51.5 Å². The Balaban J connectivity index is 1.71. The lowest BCUT2D eigenvalue weighted by molar-refractivity contribution is 0.0730. The topological polar surface area (TPSA) is 77.3 Å². The van der Waals surface area contributed by atoms with E-state index < -0.39 is 10.0 Å². The zero-order valence-corrected chi connectivity index (χ0v) is 19.1.